The van der Waals surface area contributed by atoms with Gasteiger partial charge in [-0.15, -0.1) is 0 Å². The van der Waals surface area contributed by atoms with Crippen molar-refractivity contribution in [2.45, 2.75) is 39.5 Å². The monoisotopic (exact) mass is 986 g/mol. The van der Waals surface area contributed by atoms with Gasteiger partial charge < -0.3 is 40.4 Å². The maximum absolute atomic E-state index is 10.9. The molecular weight excluding hydrogens is 947 g/mol. The Bertz CT molecular complexity index is 2780. The maximum Gasteiger partial charge on any atom is 0.319 e. The van der Waals surface area contributed by atoms with E-state index < -0.39 is 9.85 Å². The van der Waals surface area contributed by atoms with E-state index in [1.165, 1.54) is 41.3 Å². The number of phenols is 1. The molecule has 4 aromatic rings. The molecule has 3 N–H and O–H groups in total. The number of thiazole rings is 2. The number of allylic oxidation sites excluding steroid dienone is 7. The quantitative estimate of drug-likeness (QED) is 0.0634. The van der Waals surface area contributed by atoms with Crippen LogP contribution in [0.15, 0.2) is 123 Å². The summed E-state index contributed by atoms with van der Waals surface area (Å²) in [7, 11) is 2.09. The minimum Gasteiger partial charge on any atom is -0.507 e. The van der Waals surface area contributed by atoms with E-state index in [4.69, 9.17) is 11.6 Å². The summed E-state index contributed by atoms with van der Waals surface area (Å²) in [5.41, 5.74) is 5.59. The normalized spacial score (nSPS) is 18.2. The number of hydrogen-bond acceptors (Lipinski definition) is 16. The van der Waals surface area contributed by atoms with Gasteiger partial charge in [-0.3, -0.25) is 40.0 Å². The number of carbonyl (C=O) groups is 2. The third-order valence-electron chi connectivity index (χ3n) is 9.81. The minimum absolute atomic E-state index is 0. The Balaban J connectivity index is 0.000000220. The molecule has 0 bridgehead atoms. The van der Waals surface area contributed by atoms with Gasteiger partial charge in [0.05, 0.1) is 15.3 Å². The first-order valence-electron chi connectivity index (χ1n) is 19.2. The van der Waals surface area contributed by atoms with Crippen molar-refractivity contribution in [1.82, 2.24) is 9.97 Å². The van der Waals surface area contributed by atoms with E-state index in [0.717, 1.165) is 83.0 Å². The van der Waals surface area contributed by atoms with Gasteiger partial charge in [0.2, 0.25) is 5.69 Å². The largest absolute Gasteiger partial charge is 0.507 e. The number of benzene rings is 2. The summed E-state index contributed by atoms with van der Waals surface area (Å²) in [6, 6.07) is 12.0. The molecule has 2 aromatic heterocycles. The minimum atomic E-state index is -0.583. The molecule has 3 heterocycles. The SMILES string of the molecule is CCN(CC)c1ccc(/C=C/C2=[N+](C)c3ccc(Cl)cc3C2(C)CC)c(O)c1.O=C1C=CC(=NN=c2[n-]cc([N+](=O)[O-])s2)C(O)=C1.O=C1C=CC(=NN=c2[n-]cc([N+](=O)[O-])s2)C(O)=C1.[Co]. The Hall–Kier alpha value is -6.85. The van der Waals surface area contributed by atoms with Crippen LogP contribution in [0.1, 0.15) is 45.2 Å². The van der Waals surface area contributed by atoms with Gasteiger partial charge >= 0.3 is 10.0 Å². The van der Waals surface area contributed by atoms with Gasteiger partial charge in [-0.2, -0.15) is 4.58 Å². The van der Waals surface area contributed by atoms with Gasteiger partial charge in [-0.1, -0.05) is 41.2 Å². The molecule has 2 aromatic carbocycles. The third-order valence-corrected chi connectivity index (χ3v) is 11.7. The number of nitrogens with zero attached hydrogens (tertiary/aromatic N) is 10. The molecule has 1 radical (unpaired) electrons. The van der Waals surface area contributed by atoms with Crippen LogP contribution in [-0.4, -0.2) is 78.6 Å². The fourth-order valence-electron chi connectivity index (χ4n) is 6.32. The van der Waals surface area contributed by atoms with E-state index in [1.54, 1.807) is 0 Å². The van der Waals surface area contributed by atoms with Gasteiger partial charge in [0.15, 0.2) is 17.3 Å². The summed E-state index contributed by atoms with van der Waals surface area (Å²) >= 11 is 7.79. The zero-order valence-corrected chi connectivity index (χ0v) is 38.6. The molecule has 1 unspecified atom stereocenters. The fraction of sp³-hybridized carbons (Fsp3) is 0.214. The predicted octanol–water partition coefficient (Wildman–Crippen LogP) is 6.90. The molecule has 65 heavy (non-hydrogen) atoms. The van der Waals surface area contributed by atoms with Crippen LogP contribution in [0.25, 0.3) is 6.08 Å². The van der Waals surface area contributed by atoms with Crippen LogP contribution in [-0.2, 0) is 31.8 Å². The number of halogens is 1. The number of ketones is 2. The van der Waals surface area contributed by atoms with Crippen LogP contribution >= 0.6 is 34.3 Å². The predicted molar refractivity (Wildman–Crippen MR) is 245 cm³/mol. The Morgan fingerprint density at radius 2 is 1.32 bits per heavy atom. The Morgan fingerprint density at radius 3 is 1.75 bits per heavy atom. The summed E-state index contributed by atoms with van der Waals surface area (Å²) in [5.74, 6) is -1.01. The summed E-state index contributed by atoms with van der Waals surface area (Å²) in [5, 5.41) is 65.2. The topological polar surface area (TPSA) is 265 Å². The fourth-order valence-corrected chi connectivity index (χ4v) is 7.60. The van der Waals surface area contributed by atoms with Crippen LogP contribution in [0.2, 0.25) is 5.02 Å². The van der Waals surface area contributed by atoms with Crippen molar-refractivity contribution in [3.05, 3.63) is 149 Å². The second-order valence-corrected chi connectivity index (χ2v) is 16.1. The van der Waals surface area contributed by atoms with Gasteiger partial charge in [0.25, 0.3) is 0 Å². The van der Waals surface area contributed by atoms with Crippen molar-refractivity contribution in [2.24, 2.45) is 20.4 Å². The van der Waals surface area contributed by atoms with Gasteiger partial charge in [-0.05, 0) is 81.8 Å². The first-order valence-corrected chi connectivity index (χ1v) is 21.2. The molecule has 0 fully saturated rings. The summed E-state index contributed by atoms with van der Waals surface area (Å²) < 4.78 is 2.23. The van der Waals surface area contributed by atoms with E-state index >= 15 is 0 Å². The zero-order chi connectivity index (χ0) is 46.7. The second kappa shape index (κ2) is 22.7. The molecule has 0 saturated carbocycles. The molecule has 7 rings (SSSR count). The van der Waals surface area contributed by atoms with Gasteiger partial charge in [0, 0.05) is 104 Å². The first kappa shape index (κ1) is 50.8. The molecule has 0 saturated heterocycles. The Kier molecular flexibility index (Phi) is 17.7. The van der Waals surface area contributed by atoms with Crippen LogP contribution in [0, 0.1) is 20.2 Å². The van der Waals surface area contributed by atoms with Crippen LogP contribution in [0.5, 0.6) is 5.75 Å². The number of rotatable bonds is 10. The van der Waals surface area contributed by atoms with E-state index in [-0.39, 0.29) is 76.3 Å². The van der Waals surface area contributed by atoms with E-state index in [9.17, 15) is 45.1 Å². The van der Waals surface area contributed by atoms with Crippen molar-refractivity contribution < 1.29 is 56.1 Å². The van der Waals surface area contributed by atoms with Crippen molar-refractivity contribution in [2.75, 3.05) is 25.0 Å². The number of carbonyl (C=O) groups excluding carboxylic acids is 2. The molecule has 1 atom stereocenters. The number of nitro groups is 2. The van der Waals surface area contributed by atoms with Crippen molar-refractivity contribution in [1.29, 1.82) is 0 Å². The molecule has 0 amide bonds. The van der Waals surface area contributed by atoms with Crippen LogP contribution in [0.3, 0.4) is 0 Å². The van der Waals surface area contributed by atoms with E-state index in [0.29, 0.717) is 5.75 Å². The number of aromatic nitrogens is 2. The standard InChI is InChI=1S/C24H29ClN2O.2C9H6N4O4S.Co/c1-6-24(4)20-15-18(25)11-13-21(20)26(5)23(24)14-10-17-9-12-19(16-22(17)28)27(7-2)8-3;2*14-5-1-2-6(7(15)3-5)11-12-9-10-4-8(18-9)13(16)17;/h9-16H,6-8H2,1-5H3;2*1-4H,(H2,10,12,14,15);/p-1. The number of phenolic OH excluding ortho intramolecular Hbond substituents is 1. The second-order valence-electron chi connectivity index (χ2n) is 13.7. The number of hydrogen-bond donors (Lipinski definition) is 3. The molecule has 1 aliphatic heterocycles. The average molecular weight is 987 g/mol. The average Bonchev–Trinajstić information content (AvgIpc) is 3.99. The molecule has 2 aliphatic carbocycles. The molecule has 19 nitrogen and oxygen atoms in total. The number of anilines is 1. The molecular formula is C42H40ClCoN10O9S2-. The first-order chi connectivity index (χ1) is 30.5. The van der Waals surface area contributed by atoms with E-state index in [1.807, 2.05) is 24.3 Å². The Labute approximate surface area is 394 Å². The number of aliphatic hydroxyl groups is 2. The molecule has 23 heteroatoms. The Morgan fingerprint density at radius 1 is 0.800 bits per heavy atom. The molecule has 0 spiro atoms. The summed E-state index contributed by atoms with van der Waals surface area (Å²) in [6.07, 6.45) is 14.3. The van der Waals surface area contributed by atoms with Crippen molar-refractivity contribution in [3.63, 3.8) is 0 Å². The summed E-state index contributed by atoms with van der Waals surface area (Å²) in [4.78, 5) is 51.2. The zero-order valence-electron chi connectivity index (χ0n) is 35.1. The number of aromatic hydroxyl groups is 1. The van der Waals surface area contributed by atoms with Crippen LogP contribution < -0.4 is 24.5 Å². The smallest absolute Gasteiger partial charge is 0.319 e. The van der Waals surface area contributed by atoms with Gasteiger partial charge in [0.1, 0.15) is 35.7 Å². The molecule has 341 valence electrons. The molecule has 3 aliphatic rings. The number of aliphatic hydroxyl groups excluding tert-OH is 2. The van der Waals surface area contributed by atoms with E-state index in [2.05, 4.69) is 98.9 Å². The number of fused-ring (bicyclic) bond motifs is 1. The van der Waals surface area contributed by atoms with Gasteiger partial charge in [-0.25, -0.2) is 0 Å². The maximum atomic E-state index is 10.9. The summed E-state index contributed by atoms with van der Waals surface area (Å²) in [6.45, 7) is 10.5. The van der Waals surface area contributed by atoms with Crippen molar-refractivity contribution >= 4 is 90.4 Å². The third kappa shape index (κ3) is 12.7. The van der Waals surface area contributed by atoms with Crippen LogP contribution in [0.4, 0.5) is 21.4 Å². The van der Waals surface area contributed by atoms with Crippen molar-refractivity contribution in [3.8, 4) is 5.75 Å².